The van der Waals surface area contributed by atoms with E-state index in [1.807, 2.05) is 0 Å². The fraction of sp³-hybridized carbons (Fsp3) is 0.0698. The van der Waals surface area contributed by atoms with E-state index in [-0.39, 0.29) is 5.41 Å². The van der Waals surface area contributed by atoms with Gasteiger partial charge in [0.15, 0.2) is 0 Å². The zero-order valence-electron chi connectivity index (χ0n) is 25.6. The number of hydrogen-bond acceptors (Lipinski definition) is 2. The van der Waals surface area contributed by atoms with Crippen LogP contribution in [0, 0.1) is 0 Å². The van der Waals surface area contributed by atoms with Crippen LogP contribution in [0.15, 0.2) is 140 Å². The maximum atomic E-state index is 5.51. The van der Waals surface area contributed by atoms with Gasteiger partial charge >= 0.3 is 0 Å². The second kappa shape index (κ2) is 9.12. The lowest BCUT2D eigenvalue weighted by Crippen LogP contribution is -2.17. The summed E-state index contributed by atoms with van der Waals surface area (Å²) in [4.78, 5) is 10.7. The van der Waals surface area contributed by atoms with Crippen molar-refractivity contribution in [2.24, 2.45) is 0 Å². The highest BCUT2D eigenvalue weighted by Crippen LogP contribution is 2.53. The van der Waals surface area contributed by atoms with E-state index in [4.69, 9.17) is 9.97 Å². The fourth-order valence-corrected chi connectivity index (χ4v) is 8.00. The van der Waals surface area contributed by atoms with Crippen LogP contribution in [0.1, 0.15) is 25.0 Å². The Hall–Kier alpha value is -5.80. The molecule has 0 radical (unpaired) electrons. The standard InChI is InChI=1S/C43H29N3/c1-43(2)36-24-28-14-5-3-12-26(28)22-34(36)31-18-11-19-33(40(31)43)41-32-17-7-9-20-37(32)44-42(45-41)46-38-21-10-8-16-30(38)35-23-27-13-4-6-15-29(27)25-39(35)46/h3-25H,1-2H3. The van der Waals surface area contributed by atoms with Gasteiger partial charge in [-0.05, 0) is 80.2 Å². The van der Waals surface area contributed by atoms with E-state index in [9.17, 15) is 0 Å². The Labute approximate surface area is 266 Å². The van der Waals surface area contributed by atoms with Crippen LogP contribution in [-0.2, 0) is 5.41 Å². The number of aromatic nitrogens is 3. The number of nitrogens with zero attached hydrogens (tertiary/aromatic N) is 3. The van der Waals surface area contributed by atoms with Crippen molar-refractivity contribution in [1.29, 1.82) is 0 Å². The number of hydrogen-bond donors (Lipinski definition) is 0. The minimum absolute atomic E-state index is 0.205. The molecular weight excluding hydrogens is 558 g/mol. The summed E-state index contributed by atoms with van der Waals surface area (Å²) >= 11 is 0. The first kappa shape index (κ1) is 25.5. The van der Waals surface area contributed by atoms with Crippen molar-refractivity contribution in [3.8, 4) is 28.3 Å². The van der Waals surface area contributed by atoms with Gasteiger partial charge in [0.1, 0.15) is 0 Å². The van der Waals surface area contributed by atoms with Crippen LogP contribution < -0.4 is 0 Å². The summed E-state index contributed by atoms with van der Waals surface area (Å²) in [6.07, 6.45) is 0. The molecule has 46 heavy (non-hydrogen) atoms. The molecule has 0 N–H and O–H groups in total. The largest absolute Gasteiger partial charge is 0.278 e. The monoisotopic (exact) mass is 587 g/mol. The normalized spacial score (nSPS) is 13.6. The molecule has 3 heteroatoms. The number of benzene rings is 7. The molecule has 216 valence electrons. The van der Waals surface area contributed by atoms with Gasteiger partial charge in [0, 0.05) is 27.1 Å². The van der Waals surface area contributed by atoms with Crippen LogP contribution >= 0.6 is 0 Å². The van der Waals surface area contributed by atoms with Crippen molar-refractivity contribution >= 4 is 54.3 Å². The summed E-state index contributed by atoms with van der Waals surface area (Å²) in [6.45, 7) is 4.72. The van der Waals surface area contributed by atoms with Gasteiger partial charge in [0.05, 0.1) is 22.2 Å². The lowest BCUT2D eigenvalue weighted by atomic mass is 9.79. The maximum Gasteiger partial charge on any atom is 0.235 e. The van der Waals surface area contributed by atoms with Crippen LogP contribution in [0.5, 0.6) is 0 Å². The molecule has 0 saturated heterocycles. The molecule has 0 bridgehead atoms. The van der Waals surface area contributed by atoms with Crippen molar-refractivity contribution in [2.45, 2.75) is 19.3 Å². The molecule has 0 aliphatic heterocycles. The Balaban J connectivity index is 1.29. The minimum atomic E-state index is -0.205. The fourth-order valence-electron chi connectivity index (χ4n) is 8.00. The average molecular weight is 588 g/mol. The molecule has 0 spiro atoms. The zero-order valence-corrected chi connectivity index (χ0v) is 25.6. The first-order chi connectivity index (χ1) is 22.6. The second-order valence-corrected chi connectivity index (χ2v) is 13.1. The topological polar surface area (TPSA) is 30.7 Å². The van der Waals surface area contributed by atoms with Crippen LogP contribution in [0.3, 0.4) is 0 Å². The number of para-hydroxylation sites is 2. The summed E-state index contributed by atoms with van der Waals surface area (Å²) in [5.41, 5.74) is 10.4. The van der Waals surface area contributed by atoms with Gasteiger partial charge in [-0.3, -0.25) is 4.57 Å². The third-order valence-electron chi connectivity index (χ3n) is 10.1. The summed E-state index contributed by atoms with van der Waals surface area (Å²) in [5, 5.41) is 8.44. The zero-order chi connectivity index (χ0) is 30.6. The van der Waals surface area contributed by atoms with E-state index in [0.717, 1.165) is 33.2 Å². The molecule has 0 saturated carbocycles. The van der Waals surface area contributed by atoms with E-state index in [2.05, 4.69) is 158 Å². The van der Waals surface area contributed by atoms with Crippen molar-refractivity contribution in [2.75, 3.05) is 0 Å². The highest BCUT2D eigenvalue weighted by molar-refractivity contribution is 6.13. The molecule has 3 nitrogen and oxygen atoms in total. The smallest absolute Gasteiger partial charge is 0.235 e. The Morgan fingerprint density at radius 1 is 0.478 bits per heavy atom. The van der Waals surface area contributed by atoms with Crippen molar-refractivity contribution in [3.05, 3.63) is 151 Å². The van der Waals surface area contributed by atoms with Crippen LogP contribution in [0.2, 0.25) is 0 Å². The van der Waals surface area contributed by atoms with Gasteiger partial charge in [-0.15, -0.1) is 0 Å². The van der Waals surface area contributed by atoms with E-state index in [0.29, 0.717) is 5.95 Å². The minimum Gasteiger partial charge on any atom is -0.278 e. The van der Waals surface area contributed by atoms with Gasteiger partial charge in [0.2, 0.25) is 5.95 Å². The molecule has 0 fully saturated rings. The maximum absolute atomic E-state index is 5.51. The molecule has 0 unspecified atom stereocenters. The summed E-state index contributed by atoms with van der Waals surface area (Å²) in [6, 6.07) is 50.4. The molecule has 10 rings (SSSR count). The van der Waals surface area contributed by atoms with Gasteiger partial charge in [-0.2, -0.15) is 0 Å². The molecule has 2 heterocycles. The van der Waals surface area contributed by atoms with Crippen LogP contribution in [0.25, 0.3) is 82.6 Å². The number of fused-ring (bicyclic) bond motifs is 9. The van der Waals surface area contributed by atoms with Gasteiger partial charge in [0.25, 0.3) is 0 Å². The summed E-state index contributed by atoms with van der Waals surface area (Å²) < 4.78 is 2.25. The average Bonchev–Trinajstić information content (AvgIpc) is 3.53. The SMILES string of the molecule is CC1(C)c2cc3ccccc3cc2-c2cccc(-c3nc(-n4c5ccccc5c5cc6ccccc6cc54)nc4ccccc34)c21. The van der Waals surface area contributed by atoms with E-state index >= 15 is 0 Å². The summed E-state index contributed by atoms with van der Waals surface area (Å²) in [7, 11) is 0. The quantitative estimate of drug-likeness (QED) is 0.201. The molecule has 0 amide bonds. The predicted octanol–water partition coefficient (Wildman–Crippen LogP) is 11.0. The third kappa shape index (κ3) is 3.43. The lowest BCUT2D eigenvalue weighted by Gasteiger charge is -2.25. The molecule has 7 aromatic carbocycles. The van der Waals surface area contributed by atoms with Gasteiger partial charge in [-0.25, -0.2) is 9.97 Å². The van der Waals surface area contributed by atoms with E-state index in [1.165, 1.54) is 54.6 Å². The molecular formula is C43H29N3. The van der Waals surface area contributed by atoms with E-state index < -0.39 is 0 Å². The van der Waals surface area contributed by atoms with Crippen LogP contribution in [0.4, 0.5) is 0 Å². The Kier molecular flexibility index (Phi) is 5.06. The van der Waals surface area contributed by atoms with Crippen molar-refractivity contribution < 1.29 is 0 Å². The van der Waals surface area contributed by atoms with Crippen molar-refractivity contribution in [3.63, 3.8) is 0 Å². The summed E-state index contributed by atoms with van der Waals surface area (Å²) in [5.74, 6) is 0.687. The molecule has 1 aliphatic rings. The Morgan fingerprint density at radius 3 is 1.91 bits per heavy atom. The molecule has 0 atom stereocenters. The molecule has 2 aromatic heterocycles. The first-order valence-electron chi connectivity index (χ1n) is 15.9. The predicted molar refractivity (Wildman–Crippen MR) is 192 cm³/mol. The number of rotatable bonds is 2. The molecule has 9 aromatic rings. The van der Waals surface area contributed by atoms with Gasteiger partial charge in [-0.1, -0.05) is 117 Å². The van der Waals surface area contributed by atoms with Gasteiger partial charge < -0.3 is 0 Å². The Morgan fingerprint density at radius 2 is 1.11 bits per heavy atom. The highest BCUT2D eigenvalue weighted by Gasteiger charge is 2.38. The Bertz CT molecular complexity index is 2730. The van der Waals surface area contributed by atoms with Crippen LogP contribution in [-0.4, -0.2) is 14.5 Å². The molecule has 1 aliphatic carbocycles. The lowest BCUT2D eigenvalue weighted by molar-refractivity contribution is 0.662. The van der Waals surface area contributed by atoms with Crippen molar-refractivity contribution in [1.82, 2.24) is 14.5 Å². The van der Waals surface area contributed by atoms with E-state index in [1.54, 1.807) is 0 Å². The first-order valence-corrected chi connectivity index (χ1v) is 15.9. The third-order valence-corrected chi connectivity index (χ3v) is 10.1. The highest BCUT2D eigenvalue weighted by atomic mass is 15.2. The second-order valence-electron chi connectivity index (χ2n) is 13.1.